The second kappa shape index (κ2) is 4.94. The molecule has 0 unspecified atom stereocenters. The summed E-state index contributed by atoms with van der Waals surface area (Å²) >= 11 is 0. The van der Waals surface area contributed by atoms with Gasteiger partial charge >= 0.3 is 5.97 Å². The third kappa shape index (κ3) is 2.61. The van der Waals surface area contributed by atoms with Gasteiger partial charge in [0, 0.05) is 18.8 Å². The summed E-state index contributed by atoms with van der Waals surface area (Å²) in [5, 5.41) is 8.78. The SMILES string of the molecule is C[C@@H]1CN(c2ccc(C(=O)O)c(F)c2)C[C@H](C)O1. The van der Waals surface area contributed by atoms with Gasteiger partial charge in [0.25, 0.3) is 0 Å². The van der Waals surface area contributed by atoms with E-state index in [0.717, 1.165) is 0 Å². The number of aromatic carboxylic acids is 1. The molecule has 98 valence electrons. The fourth-order valence-corrected chi connectivity index (χ4v) is 2.26. The Morgan fingerprint density at radius 1 is 1.39 bits per heavy atom. The maximum absolute atomic E-state index is 13.6. The Morgan fingerprint density at radius 2 is 2.00 bits per heavy atom. The average Bonchev–Trinajstić information content (AvgIpc) is 2.26. The maximum Gasteiger partial charge on any atom is 0.338 e. The van der Waals surface area contributed by atoms with Crippen molar-refractivity contribution < 1.29 is 19.0 Å². The molecule has 1 saturated heterocycles. The lowest BCUT2D eigenvalue weighted by atomic mass is 10.1. The number of carboxylic acid groups (broad SMARTS) is 1. The molecule has 0 aliphatic carbocycles. The van der Waals surface area contributed by atoms with Crippen molar-refractivity contribution in [3.63, 3.8) is 0 Å². The van der Waals surface area contributed by atoms with Gasteiger partial charge in [0.15, 0.2) is 0 Å². The highest BCUT2D eigenvalue weighted by atomic mass is 19.1. The predicted molar refractivity (Wildman–Crippen MR) is 65.6 cm³/mol. The van der Waals surface area contributed by atoms with Crippen LogP contribution in [0, 0.1) is 5.82 Å². The van der Waals surface area contributed by atoms with Crippen molar-refractivity contribution in [2.24, 2.45) is 0 Å². The molecule has 2 rings (SSSR count). The van der Waals surface area contributed by atoms with E-state index in [4.69, 9.17) is 9.84 Å². The minimum absolute atomic E-state index is 0.0796. The molecule has 4 nitrogen and oxygen atoms in total. The number of ether oxygens (including phenoxy) is 1. The predicted octanol–water partition coefficient (Wildman–Crippen LogP) is 2.14. The van der Waals surface area contributed by atoms with Gasteiger partial charge in [-0.05, 0) is 32.0 Å². The Bertz CT molecular complexity index is 454. The topological polar surface area (TPSA) is 49.8 Å². The van der Waals surface area contributed by atoms with E-state index in [1.165, 1.54) is 12.1 Å². The van der Waals surface area contributed by atoms with E-state index in [2.05, 4.69) is 0 Å². The van der Waals surface area contributed by atoms with Crippen LogP contribution >= 0.6 is 0 Å². The molecule has 0 aromatic heterocycles. The summed E-state index contributed by atoms with van der Waals surface area (Å²) in [4.78, 5) is 12.7. The zero-order chi connectivity index (χ0) is 13.3. The van der Waals surface area contributed by atoms with E-state index in [1.807, 2.05) is 18.7 Å². The second-order valence-electron chi connectivity index (χ2n) is 4.63. The molecule has 0 amide bonds. The Morgan fingerprint density at radius 3 is 2.50 bits per heavy atom. The van der Waals surface area contributed by atoms with Crippen molar-refractivity contribution in [3.8, 4) is 0 Å². The first-order valence-electron chi connectivity index (χ1n) is 5.90. The van der Waals surface area contributed by atoms with Crippen molar-refractivity contribution in [3.05, 3.63) is 29.6 Å². The van der Waals surface area contributed by atoms with Gasteiger partial charge < -0.3 is 14.7 Å². The van der Waals surface area contributed by atoms with E-state index < -0.39 is 11.8 Å². The Kier molecular flexibility index (Phi) is 3.52. The first kappa shape index (κ1) is 12.8. The van der Waals surface area contributed by atoms with Gasteiger partial charge in [0.05, 0.1) is 17.8 Å². The van der Waals surface area contributed by atoms with Crippen LogP contribution in [-0.4, -0.2) is 36.4 Å². The van der Waals surface area contributed by atoms with Crippen LogP contribution in [0.1, 0.15) is 24.2 Å². The van der Waals surface area contributed by atoms with Gasteiger partial charge in [-0.2, -0.15) is 0 Å². The minimum atomic E-state index is -1.25. The summed E-state index contributed by atoms with van der Waals surface area (Å²) in [6.45, 7) is 5.28. The molecule has 1 aliphatic rings. The van der Waals surface area contributed by atoms with Crippen LogP contribution in [0.4, 0.5) is 10.1 Å². The summed E-state index contributed by atoms with van der Waals surface area (Å²) in [6, 6.07) is 4.21. The fraction of sp³-hybridized carbons (Fsp3) is 0.462. The normalized spacial score (nSPS) is 24.1. The average molecular weight is 253 g/mol. The number of nitrogens with zero attached hydrogens (tertiary/aromatic N) is 1. The van der Waals surface area contributed by atoms with Gasteiger partial charge in [0.2, 0.25) is 0 Å². The summed E-state index contributed by atoms with van der Waals surface area (Å²) in [5.74, 6) is -1.95. The maximum atomic E-state index is 13.6. The van der Waals surface area contributed by atoms with E-state index >= 15 is 0 Å². The second-order valence-corrected chi connectivity index (χ2v) is 4.63. The van der Waals surface area contributed by atoms with E-state index in [-0.39, 0.29) is 17.8 Å². The molecule has 1 aromatic carbocycles. The zero-order valence-electron chi connectivity index (χ0n) is 10.4. The lowest BCUT2D eigenvalue weighted by molar-refractivity contribution is -0.00524. The van der Waals surface area contributed by atoms with E-state index in [9.17, 15) is 9.18 Å². The molecule has 0 spiro atoms. The number of rotatable bonds is 2. The highest BCUT2D eigenvalue weighted by molar-refractivity contribution is 5.88. The lowest BCUT2D eigenvalue weighted by Gasteiger charge is -2.36. The lowest BCUT2D eigenvalue weighted by Crippen LogP contribution is -2.45. The number of hydrogen-bond donors (Lipinski definition) is 1. The number of anilines is 1. The molecule has 2 atom stereocenters. The molecule has 1 aromatic rings. The quantitative estimate of drug-likeness (QED) is 0.877. The molecule has 18 heavy (non-hydrogen) atoms. The van der Waals surface area contributed by atoms with Crippen molar-refractivity contribution in [2.45, 2.75) is 26.1 Å². The molecule has 5 heteroatoms. The van der Waals surface area contributed by atoms with Crippen molar-refractivity contribution in [1.82, 2.24) is 0 Å². The number of benzene rings is 1. The van der Waals surface area contributed by atoms with Crippen LogP contribution in [0.3, 0.4) is 0 Å². The van der Waals surface area contributed by atoms with Gasteiger partial charge in [-0.25, -0.2) is 9.18 Å². The zero-order valence-corrected chi connectivity index (χ0v) is 10.4. The largest absolute Gasteiger partial charge is 0.478 e. The van der Waals surface area contributed by atoms with Gasteiger partial charge in [0.1, 0.15) is 5.82 Å². The highest BCUT2D eigenvalue weighted by Crippen LogP contribution is 2.22. The number of carboxylic acids is 1. The fourth-order valence-electron chi connectivity index (χ4n) is 2.26. The van der Waals surface area contributed by atoms with Crippen LogP contribution in [0.25, 0.3) is 0 Å². The Hall–Kier alpha value is -1.62. The summed E-state index contributed by atoms with van der Waals surface area (Å²) in [5.41, 5.74) is 0.396. The molecule has 1 heterocycles. The summed E-state index contributed by atoms with van der Waals surface area (Å²) in [7, 11) is 0. The van der Waals surface area contributed by atoms with Crippen LogP contribution in [0.2, 0.25) is 0 Å². The highest BCUT2D eigenvalue weighted by Gasteiger charge is 2.23. The van der Waals surface area contributed by atoms with Crippen LogP contribution < -0.4 is 4.90 Å². The third-order valence-corrected chi connectivity index (χ3v) is 2.97. The minimum Gasteiger partial charge on any atom is -0.478 e. The molecule has 1 fully saturated rings. The molecular formula is C13H16FNO3. The molecule has 1 aliphatic heterocycles. The molecule has 0 bridgehead atoms. The van der Waals surface area contributed by atoms with Crippen LogP contribution in [-0.2, 0) is 4.74 Å². The number of hydrogen-bond acceptors (Lipinski definition) is 3. The molecule has 1 N–H and O–H groups in total. The Balaban J connectivity index is 2.23. The van der Waals surface area contributed by atoms with Gasteiger partial charge in [-0.1, -0.05) is 0 Å². The van der Waals surface area contributed by atoms with Crippen molar-refractivity contribution in [1.29, 1.82) is 0 Å². The molecular weight excluding hydrogens is 237 g/mol. The first-order valence-corrected chi connectivity index (χ1v) is 5.90. The van der Waals surface area contributed by atoms with Crippen LogP contribution in [0.5, 0.6) is 0 Å². The van der Waals surface area contributed by atoms with E-state index in [0.29, 0.717) is 18.8 Å². The first-order chi connectivity index (χ1) is 8.47. The van der Waals surface area contributed by atoms with Crippen molar-refractivity contribution >= 4 is 11.7 Å². The Labute approximate surface area is 105 Å². The van der Waals surface area contributed by atoms with E-state index in [1.54, 1.807) is 6.07 Å². The monoisotopic (exact) mass is 253 g/mol. The molecule has 0 radical (unpaired) electrons. The van der Waals surface area contributed by atoms with Crippen LogP contribution in [0.15, 0.2) is 18.2 Å². The summed E-state index contributed by atoms with van der Waals surface area (Å²) in [6.07, 6.45) is 0.159. The number of morpholine rings is 1. The number of halogens is 1. The smallest absolute Gasteiger partial charge is 0.338 e. The number of carbonyl (C=O) groups is 1. The third-order valence-electron chi connectivity index (χ3n) is 2.97. The van der Waals surface area contributed by atoms with Gasteiger partial charge in [-0.3, -0.25) is 0 Å². The van der Waals surface area contributed by atoms with Crippen molar-refractivity contribution in [2.75, 3.05) is 18.0 Å². The molecule has 0 saturated carbocycles. The summed E-state index contributed by atoms with van der Waals surface area (Å²) < 4.78 is 19.2. The van der Waals surface area contributed by atoms with Gasteiger partial charge in [-0.15, -0.1) is 0 Å². The standard InChI is InChI=1S/C13H16FNO3/c1-8-6-15(7-9(2)18-8)10-3-4-11(13(16)17)12(14)5-10/h3-5,8-9H,6-7H2,1-2H3,(H,16,17)/t8-,9+.